The fourth-order valence-corrected chi connectivity index (χ4v) is 1.75. The summed E-state index contributed by atoms with van der Waals surface area (Å²) in [4.78, 5) is 22.2. The maximum Gasteiger partial charge on any atom is 0.303 e. The Morgan fingerprint density at radius 3 is 2.60 bits per heavy atom. The van der Waals surface area contributed by atoms with Gasteiger partial charge < -0.3 is 15.2 Å². The summed E-state index contributed by atoms with van der Waals surface area (Å²) in [5.74, 6) is -1.10. The lowest BCUT2D eigenvalue weighted by atomic mass is 10.0. The minimum Gasteiger partial charge on any atom is -0.481 e. The molecule has 0 aliphatic carbocycles. The molecule has 0 radical (unpaired) electrons. The lowest BCUT2D eigenvalue weighted by Gasteiger charge is -2.13. The van der Waals surface area contributed by atoms with Gasteiger partial charge in [-0.25, -0.2) is 0 Å². The predicted octanol–water partition coefficient (Wildman–Crippen LogP) is 1.82. The van der Waals surface area contributed by atoms with Gasteiger partial charge in [0, 0.05) is 13.0 Å². The maximum absolute atomic E-state index is 11.6. The van der Waals surface area contributed by atoms with E-state index in [9.17, 15) is 9.59 Å². The molecule has 0 bridgehead atoms. The topological polar surface area (TPSA) is 75.6 Å². The molecule has 0 fully saturated rings. The van der Waals surface area contributed by atoms with Crippen molar-refractivity contribution in [2.75, 3.05) is 13.2 Å². The van der Waals surface area contributed by atoms with Gasteiger partial charge in [0.1, 0.15) is 6.61 Å². The molecule has 0 heterocycles. The zero-order chi connectivity index (χ0) is 14.8. The van der Waals surface area contributed by atoms with E-state index >= 15 is 0 Å². The molecule has 1 amide bonds. The Morgan fingerprint density at radius 2 is 2.00 bits per heavy atom. The summed E-state index contributed by atoms with van der Waals surface area (Å²) >= 11 is 0. The molecule has 1 rings (SSSR count). The minimum absolute atomic E-state index is 0.0155. The molecule has 1 aromatic carbocycles. The molecule has 20 heavy (non-hydrogen) atoms. The lowest BCUT2D eigenvalue weighted by Crippen LogP contribution is -2.32. The van der Waals surface area contributed by atoms with Gasteiger partial charge in [-0.15, -0.1) is 0 Å². The number of aliphatic carboxylic acids is 1. The third kappa shape index (κ3) is 6.89. The third-order valence-corrected chi connectivity index (χ3v) is 2.97. The zero-order valence-corrected chi connectivity index (χ0v) is 11.7. The van der Waals surface area contributed by atoms with Crippen LogP contribution in [0, 0.1) is 5.92 Å². The van der Waals surface area contributed by atoms with Crippen molar-refractivity contribution < 1.29 is 19.4 Å². The number of hydrogen-bond donors (Lipinski definition) is 2. The Balaban J connectivity index is 2.18. The van der Waals surface area contributed by atoms with Gasteiger partial charge in [0.05, 0.1) is 6.61 Å². The first-order valence-corrected chi connectivity index (χ1v) is 6.72. The first-order valence-electron chi connectivity index (χ1n) is 6.72. The average molecular weight is 279 g/mol. The maximum atomic E-state index is 11.6. The molecular weight excluding hydrogens is 258 g/mol. The van der Waals surface area contributed by atoms with E-state index in [4.69, 9.17) is 9.84 Å². The Bertz CT molecular complexity index is 419. The second kappa shape index (κ2) is 9.09. The first kappa shape index (κ1) is 16.2. The molecule has 0 saturated carbocycles. The Morgan fingerprint density at radius 1 is 1.30 bits per heavy atom. The number of hydrogen-bond acceptors (Lipinski definition) is 3. The fraction of sp³-hybridized carbons (Fsp3) is 0.467. The number of rotatable bonds is 9. The predicted molar refractivity (Wildman–Crippen MR) is 75.1 cm³/mol. The summed E-state index contributed by atoms with van der Waals surface area (Å²) in [6.07, 6.45) is 0.791. The minimum atomic E-state index is -0.841. The monoisotopic (exact) mass is 279 g/mol. The molecule has 110 valence electrons. The first-order chi connectivity index (χ1) is 9.61. The summed E-state index contributed by atoms with van der Waals surface area (Å²) in [6, 6.07) is 9.60. The van der Waals surface area contributed by atoms with Crippen molar-refractivity contribution in [1.29, 1.82) is 0 Å². The number of carboxylic acids is 1. The smallest absolute Gasteiger partial charge is 0.303 e. The molecule has 5 nitrogen and oxygen atoms in total. The summed E-state index contributed by atoms with van der Waals surface area (Å²) < 4.78 is 5.30. The molecule has 2 N–H and O–H groups in total. The second-order valence-corrected chi connectivity index (χ2v) is 4.65. The average Bonchev–Trinajstić information content (AvgIpc) is 2.44. The number of carboxylic acid groups (broad SMARTS) is 1. The number of carbonyl (C=O) groups excluding carboxylic acids is 1. The third-order valence-electron chi connectivity index (χ3n) is 2.97. The van der Waals surface area contributed by atoms with E-state index in [2.05, 4.69) is 5.32 Å². The van der Waals surface area contributed by atoms with Crippen LogP contribution in [0.15, 0.2) is 30.3 Å². The van der Waals surface area contributed by atoms with Gasteiger partial charge in [-0.3, -0.25) is 9.59 Å². The van der Waals surface area contributed by atoms with Gasteiger partial charge in [0.15, 0.2) is 0 Å². The van der Waals surface area contributed by atoms with Gasteiger partial charge in [-0.2, -0.15) is 0 Å². The highest BCUT2D eigenvalue weighted by atomic mass is 16.5. The molecule has 5 heteroatoms. The van der Waals surface area contributed by atoms with Gasteiger partial charge in [-0.05, 0) is 11.5 Å². The van der Waals surface area contributed by atoms with Crippen LogP contribution >= 0.6 is 0 Å². The molecule has 1 atom stereocenters. The summed E-state index contributed by atoms with van der Waals surface area (Å²) in [5, 5.41) is 11.4. The van der Waals surface area contributed by atoms with E-state index < -0.39 is 5.97 Å². The van der Waals surface area contributed by atoms with E-state index in [-0.39, 0.29) is 24.9 Å². The van der Waals surface area contributed by atoms with Crippen LogP contribution in [0.2, 0.25) is 0 Å². The highest BCUT2D eigenvalue weighted by Gasteiger charge is 2.12. The van der Waals surface area contributed by atoms with Gasteiger partial charge >= 0.3 is 5.97 Å². The second-order valence-electron chi connectivity index (χ2n) is 4.65. The van der Waals surface area contributed by atoms with Crippen molar-refractivity contribution >= 4 is 11.9 Å². The van der Waals surface area contributed by atoms with Gasteiger partial charge in [0.2, 0.25) is 5.91 Å². The van der Waals surface area contributed by atoms with E-state index in [1.165, 1.54) is 0 Å². The van der Waals surface area contributed by atoms with Gasteiger partial charge in [0.25, 0.3) is 0 Å². The largest absolute Gasteiger partial charge is 0.481 e. The van der Waals surface area contributed by atoms with Crippen LogP contribution in [0.1, 0.15) is 25.3 Å². The summed E-state index contributed by atoms with van der Waals surface area (Å²) in [6.45, 7) is 2.65. The summed E-state index contributed by atoms with van der Waals surface area (Å²) in [5.41, 5.74) is 1.01. The SMILES string of the molecule is CCC(CNC(=O)COCc1ccccc1)CC(=O)O. The van der Waals surface area contributed by atoms with Crippen LogP contribution in [-0.2, 0) is 20.9 Å². The van der Waals surface area contributed by atoms with Crippen molar-refractivity contribution in [2.45, 2.75) is 26.4 Å². The molecule has 1 unspecified atom stereocenters. The van der Waals surface area contributed by atoms with E-state index in [1.54, 1.807) is 0 Å². The number of ether oxygens (including phenoxy) is 1. The van der Waals surface area contributed by atoms with Crippen molar-refractivity contribution in [3.05, 3.63) is 35.9 Å². The molecular formula is C15H21NO4. The highest BCUT2D eigenvalue weighted by Crippen LogP contribution is 2.06. The number of benzene rings is 1. The van der Waals surface area contributed by atoms with Crippen LogP contribution < -0.4 is 5.32 Å². The van der Waals surface area contributed by atoms with E-state index in [1.807, 2.05) is 37.3 Å². The number of nitrogens with one attached hydrogen (secondary N) is 1. The van der Waals surface area contributed by atoms with Crippen molar-refractivity contribution in [1.82, 2.24) is 5.32 Å². The molecule has 1 aromatic rings. The van der Waals surface area contributed by atoms with Crippen molar-refractivity contribution in [3.8, 4) is 0 Å². The number of amides is 1. The molecule has 0 saturated heterocycles. The van der Waals surface area contributed by atoms with Crippen LogP contribution in [0.4, 0.5) is 0 Å². The van der Waals surface area contributed by atoms with Crippen LogP contribution in [0.5, 0.6) is 0 Å². The quantitative estimate of drug-likeness (QED) is 0.723. The van der Waals surface area contributed by atoms with E-state index in [0.717, 1.165) is 12.0 Å². The molecule has 0 aliphatic rings. The molecule has 0 aromatic heterocycles. The number of carbonyl (C=O) groups is 2. The van der Waals surface area contributed by atoms with Gasteiger partial charge in [-0.1, -0.05) is 43.7 Å². The molecule has 0 aliphatic heterocycles. The molecule has 0 spiro atoms. The fourth-order valence-electron chi connectivity index (χ4n) is 1.75. The summed E-state index contributed by atoms with van der Waals surface area (Å²) in [7, 11) is 0. The lowest BCUT2D eigenvalue weighted by molar-refractivity contribution is -0.138. The highest BCUT2D eigenvalue weighted by molar-refractivity contribution is 5.77. The van der Waals surface area contributed by atoms with E-state index in [0.29, 0.717) is 13.2 Å². The Kier molecular flexibility index (Phi) is 7.35. The van der Waals surface area contributed by atoms with Crippen molar-refractivity contribution in [2.24, 2.45) is 5.92 Å². The van der Waals surface area contributed by atoms with Crippen LogP contribution in [0.25, 0.3) is 0 Å². The zero-order valence-electron chi connectivity index (χ0n) is 11.7. The standard InChI is InChI=1S/C15H21NO4/c1-2-12(8-15(18)19)9-16-14(17)11-20-10-13-6-4-3-5-7-13/h3-7,12H,2,8-11H2,1H3,(H,16,17)(H,18,19). The van der Waals surface area contributed by atoms with Crippen molar-refractivity contribution in [3.63, 3.8) is 0 Å². The Hall–Kier alpha value is -1.88. The van der Waals surface area contributed by atoms with Crippen LogP contribution in [0.3, 0.4) is 0 Å². The normalized spacial score (nSPS) is 11.8. The Labute approximate surface area is 118 Å². The van der Waals surface area contributed by atoms with Crippen LogP contribution in [-0.4, -0.2) is 30.1 Å².